The summed E-state index contributed by atoms with van der Waals surface area (Å²) >= 11 is 0. The molecular weight excluding hydrogens is 388 g/mol. The van der Waals surface area contributed by atoms with Crippen molar-refractivity contribution < 1.29 is 17.9 Å². The number of hydrogen-bond donors (Lipinski definition) is 1. The lowest BCUT2D eigenvalue weighted by Crippen LogP contribution is -2.42. The van der Waals surface area contributed by atoms with Gasteiger partial charge in [0.05, 0.1) is 10.6 Å². The second kappa shape index (κ2) is 8.16. The Hall–Kier alpha value is -2.38. The highest BCUT2D eigenvalue weighted by atomic mass is 32.2. The van der Waals surface area contributed by atoms with E-state index in [4.69, 9.17) is 4.74 Å². The van der Waals surface area contributed by atoms with Gasteiger partial charge in [0, 0.05) is 12.6 Å². The van der Waals surface area contributed by atoms with Gasteiger partial charge in [0.25, 0.3) is 0 Å². The largest absolute Gasteiger partial charge is 0.461 e. The molecule has 2 aliphatic rings. The summed E-state index contributed by atoms with van der Waals surface area (Å²) in [4.78, 5) is 11.3. The van der Waals surface area contributed by atoms with Crippen molar-refractivity contribution in [3.8, 4) is 5.75 Å². The van der Waals surface area contributed by atoms with Crippen molar-refractivity contribution in [2.45, 2.75) is 55.7 Å². The molecule has 6 nitrogen and oxygen atoms in total. The fourth-order valence-electron chi connectivity index (χ4n) is 4.44. The molecule has 0 radical (unpaired) electrons. The molecule has 7 heteroatoms. The van der Waals surface area contributed by atoms with Gasteiger partial charge in [0.1, 0.15) is 5.75 Å². The van der Waals surface area contributed by atoms with Gasteiger partial charge in [-0.3, -0.25) is 4.79 Å². The number of rotatable bonds is 6. The standard InChI is InChI=1S/C22H26N2O4S/c1-2-24(29(26,27)19-6-4-3-5-7-19)18-11-8-16(9-12-18)17-10-13-20-21(14-17)28-22(15-25)23-20/h3-7,10,13-16,18,22-23H,2,8-9,11-12H2,1H3. The van der Waals surface area contributed by atoms with Crippen molar-refractivity contribution in [3.63, 3.8) is 0 Å². The van der Waals surface area contributed by atoms with Gasteiger partial charge in [-0.25, -0.2) is 8.42 Å². The number of carbonyl (C=O) groups excluding carboxylic acids is 1. The molecule has 1 aliphatic heterocycles. The third kappa shape index (κ3) is 3.89. The Morgan fingerprint density at radius 3 is 2.48 bits per heavy atom. The van der Waals surface area contributed by atoms with E-state index < -0.39 is 16.3 Å². The Morgan fingerprint density at radius 1 is 1.10 bits per heavy atom. The van der Waals surface area contributed by atoms with E-state index in [0.29, 0.717) is 23.1 Å². The monoisotopic (exact) mass is 414 g/mol. The van der Waals surface area contributed by atoms with Gasteiger partial charge in [-0.15, -0.1) is 0 Å². The normalized spacial score (nSPS) is 23.9. The number of ether oxygens (including phenoxy) is 1. The fraction of sp³-hybridized carbons (Fsp3) is 0.409. The molecule has 0 aromatic heterocycles. The fourth-order valence-corrected chi connectivity index (χ4v) is 6.16. The number of hydrogen-bond acceptors (Lipinski definition) is 5. The van der Waals surface area contributed by atoms with Gasteiger partial charge in [0.15, 0.2) is 6.29 Å². The maximum absolute atomic E-state index is 13.1. The highest BCUT2D eigenvalue weighted by Crippen LogP contribution is 2.40. The van der Waals surface area contributed by atoms with E-state index in [1.807, 2.05) is 25.1 Å². The number of nitrogens with one attached hydrogen (secondary N) is 1. The number of fused-ring (bicyclic) bond motifs is 1. The molecule has 1 atom stereocenters. The Bertz CT molecular complexity index is 970. The van der Waals surface area contributed by atoms with Crippen LogP contribution in [-0.4, -0.2) is 37.8 Å². The number of anilines is 1. The molecule has 1 heterocycles. The molecule has 2 aromatic rings. The SMILES string of the molecule is CCN(C1CCC(c2ccc3c(c2)OC(C=O)N3)CC1)S(=O)(=O)c1ccccc1. The van der Waals surface area contributed by atoms with Crippen LogP contribution in [0.5, 0.6) is 5.75 Å². The smallest absolute Gasteiger partial charge is 0.243 e. The second-order valence-electron chi connectivity index (χ2n) is 7.60. The first kappa shape index (κ1) is 19.9. The summed E-state index contributed by atoms with van der Waals surface area (Å²) < 4.78 is 33.4. The Labute approximate surface area is 171 Å². The summed E-state index contributed by atoms with van der Waals surface area (Å²) in [5.41, 5.74) is 2.02. The Morgan fingerprint density at radius 2 is 1.83 bits per heavy atom. The Kier molecular flexibility index (Phi) is 5.61. The average molecular weight is 415 g/mol. The predicted octanol–water partition coefficient (Wildman–Crippen LogP) is 3.75. The zero-order valence-electron chi connectivity index (χ0n) is 16.5. The summed E-state index contributed by atoms with van der Waals surface area (Å²) in [6.07, 6.45) is 3.65. The van der Waals surface area contributed by atoms with Gasteiger partial charge in [-0.1, -0.05) is 31.2 Å². The topological polar surface area (TPSA) is 75.7 Å². The van der Waals surface area contributed by atoms with Crippen molar-refractivity contribution in [2.24, 2.45) is 0 Å². The first-order chi connectivity index (χ1) is 14.0. The molecule has 1 fully saturated rings. The molecule has 1 unspecified atom stereocenters. The molecule has 2 aromatic carbocycles. The minimum Gasteiger partial charge on any atom is -0.461 e. The predicted molar refractivity (Wildman–Crippen MR) is 112 cm³/mol. The molecule has 0 saturated heterocycles. The zero-order valence-corrected chi connectivity index (χ0v) is 17.3. The van der Waals surface area contributed by atoms with Crippen LogP contribution >= 0.6 is 0 Å². The second-order valence-corrected chi connectivity index (χ2v) is 9.49. The maximum atomic E-state index is 13.1. The minimum atomic E-state index is -3.48. The van der Waals surface area contributed by atoms with Crippen LogP contribution in [0.3, 0.4) is 0 Å². The maximum Gasteiger partial charge on any atom is 0.243 e. The molecule has 0 bridgehead atoms. The lowest BCUT2D eigenvalue weighted by molar-refractivity contribution is -0.112. The van der Waals surface area contributed by atoms with Crippen molar-refractivity contribution >= 4 is 22.0 Å². The minimum absolute atomic E-state index is 0.0215. The van der Waals surface area contributed by atoms with Gasteiger partial charge in [-0.05, 0) is 61.4 Å². The molecular formula is C22H26N2O4S. The van der Waals surface area contributed by atoms with Crippen molar-refractivity contribution in [3.05, 3.63) is 54.1 Å². The lowest BCUT2D eigenvalue weighted by atomic mass is 9.81. The van der Waals surface area contributed by atoms with Crippen LogP contribution < -0.4 is 10.1 Å². The molecule has 1 aliphatic carbocycles. The summed E-state index contributed by atoms with van der Waals surface area (Å²) in [6, 6.07) is 14.7. The van der Waals surface area contributed by atoms with Crippen LogP contribution in [0.1, 0.15) is 44.1 Å². The van der Waals surface area contributed by atoms with E-state index in [1.165, 1.54) is 5.56 Å². The summed E-state index contributed by atoms with van der Waals surface area (Å²) in [5, 5.41) is 3.01. The van der Waals surface area contributed by atoms with Gasteiger partial charge >= 0.3 is 0 Å². The van der Waals surface area contributed by atoms with Gasteiger partial charge in [-0.2, -0.15) is 4.31 Å². The average Bonchev–Trinajstić information content (AvgIpc) is 3.18. The van der Waals surface area contributed by atoms with E-state index >= 15 is 0 Å². The van der Waals surface area contributed by atoms with Gasteiger partial charge < -0.3 is 10.1 Å². The van der Waals surface area contributed by atoms with Gasteiger partial charge in [0.2, 0.25) is 16.3 Å². The first-order valence-corrected chi connectivity index (χ1v) is 11.6. The zero-order chi connectivity index (χ0) is 20.4. The van der Waals surface area contributed by atoms with Crippen LogP contribution in [0.15, 0.2) is 53.4 Å². The quantitative estimate of drug-likeness (QED) is 0.729. The highest BCUT2D eigenvalue weighted by molar-refractivity contribution is 7.89. The molecule has 0 spiro atoms. The van der Waals surface area contributed by atoms with E-state index in [9.17, 15) is 13.2 Å². The molecule has 29 heavy (non-hydrogen) atoms. The molecule has 4 rings (SSSR count). The van der Waals surface area contributed by atoms with Crippen LogP contribution in [0.2, 0.25) is 0 Å². The summed E-state index contributed by atoms with van der Waals surface area (Å²) in [7, 11) is -3.48. The van der Waals surface area contributed by atoms with Crippen molar-refractivity contribution in [1.82, 2.24) is 4.31 Å². The molecule has 1 saturated carbocycles. The van der Waals surface area contributed by atoms with E-state index in [-0.39, 0.29) is 6.04 Å². The van der Waals surface area contributed by atoms with E-state index in [0.717, 1.165) is 37.7 Å². The summed E-state index contributed by atoms with van der Waals surface area (Å²) in [5.74, 6) is 1.08. The molecule has 154 valence electrons. The van der Waals surface area contributed by atoms with Crippen LogP contribution in [0.25, 0.3) is 0 Å². The van der Waals surface area contributed by atoms with Crippen LogP contribution in [0, 0.1) is 0 Å². The number of sulfonamides is 1. The third-order valence-corrected chi connectivity index (χ3v) is 7.96. The number of nitrogens with zero attached hydrogens (tertiary/aromatic N) is 1. The van der Waals surface area contributed by atoms with Crippen molar-refractivity contribution in [2.75, 3.05) is 11.9 Å². The van der Waals surface area contributed by atoms with E-state index in [2.05, 4.69) is 11.4 Å². The third-order valence-electron chi connectivity index (χ3n) is 5.92. The molecule has 0 amide bonds. The molecule has 1 N–H and O–H groups in total. The number of aldehydes is 1. The first-order valence-electron chi connectivity index (χ1n) is 10.1. The van der Waals surface area contributed by atoms with Crippen molar-refractivity contribution in [1.29, 1.82) is 0 Å². The van der Waals surface area contributed by atoms with E-state index in [1.54, 1.807) is 28.6 Å². The summed E-state index contributed by atoms with van der Waals surface area (Å²) in [6.45, 7) is 2.37. The Balaban J connectivity index is 1.45. The van der Waals surface area contributed by atoms with Crippen LogP contribution in [0.4, 0.5) is 5.69 Å². The van der Waals surface area contributed by atoms with Crippen LogP contribution in [-0.2, 0) is 14.8 Å². The lowest BCUT2D eigenvalue weighted by Gasteiger charge is -2.35. The highest BCUT2D eigenvalue weighted by Gasteiger charge is 2.34. The number of carbonyl (C=O) groups is 1. The number of benzene rings is 2.